The number of rotatable bonds is 3. The maximum absolute atomic E-state index is 5.94. The first-order valence-electron chi connectivity index (χ1n) is 5.67. The Morgan fingerprint density at radius 2 is 2.11 bits per heavy atom. The highest BCUT2D eigenvalue weighted by atomic mass is 35.5. The predicted molar refractivity (Wildman–Crippen MR) is 80.1 cm³/mol. The molecule has 0 saturated carbocycles. The lowest BCUT2D eigenvalue weighted by Gasteiger charge is -2.11. The zero-order valence-corrected chi connectivity index (χ0v) is 12.5. The molecule has 0 aliphatic carbocycles. The van der Waals surface area contributed by atoms with Gasteiger partial charge in [0.15, 0.2) is 5.75 Å². The lowest BCUT2D eigenvalue weighted by molar-refractivity contribution is 0.473. The molecular weight excluding hydrogens is 282 g/mol. The van der Waals surface area contributed by atoms with Crippen molar-refractivity contribution in [1.82, 2.24) is 9.78 Å². The molecule has 2 rings (SSSR count). The van der Waals surface area contributed by atoms with Crippen LogP contribution in [0.1, 0.15) is 17.0 Å². The molecule has 0 bridgehead atoms. The summed E-state index contributed by atoms with van der Waals surface area (Å²) >= 11 is 11.0. The molecule has 1 aromatic carbocycles. The van der Waals surface area contributed by atoms with Gasteiger partial charge in [-0.25, -0.2) is 0 Å². The van der Waals surface area contributed by atoms with Crippen LogP contribution in [0.3, 0.4) is 0 Å². The molecule has 0 fully saturated rings. The third kappa shape index (κ3) is 2.72. The van der Waals surface area contributed by atoms with Crippen LogP contribution in [0.2, 0.25) is 5.02 Å². The Balaban J connectivity index is 2.46. The molecule has 1 heterocycles. The fourth-order valence-corrected chi connectivity index (χ4v) is 2.13. The van der Waals surface area contributed by atoms with Gasteiger partial charge in [-0.15, -0.1) is 0 Å². The van der Waals surface area contributed by atoms with E-state index in [0.717, 1.165) is 11.4 Å². The minimum Gasteiger partial charge on any atom is -0.453 e. The summed E-state index contributed by atoms with van der Waals surface area (Å²) in [5.74, 6) is 1.29. The van der Waals surface area contributed by atoms with Crippen LogP contribution in [-0.2, 0) is 7.05 Å². The first-order valence-corrected chi connectivity index (χ1v) is 6.46. The molecule has 19 heavy (non-hydrogen) atoms. The van der Waals surface area contributed by atoms with Crippen molar-refractivity contribution in [3.63, 3.8) is 0 Å². The van der Waals surface area contributed by atoms with E-state index in [9.17, 15) is 0 Å². The van der Waals surface area contributed by atoms with Crippen molar-refractivity contribution < 1.29 is 4.74 Å². The van der Waals surface area contributed by atoms with Gasteiger partial charge in [-0.1, -0.05) is 23.8 Å². The van der Waals surface area contributed by atoms with Crippen LogP contribution in [0.4, 0.5) is 0 Å². The standard InChI is InChI=1S/C13H14ClN3OS/c1-7-12(8(2)17(3)16-7)18-11-5-4-9(14)6-10(11)13(15)19/h4-6H,1-3H3,(H2,15,19). The average Bonchev–Trinajstić information content (AvgIpc) is 2.57. The Morgan fingerprint density at radius 1 is 1.42 bits per heavy atom. The summed E-state index contributed by atoms with van der Waals surface area (Å²) in [5.41, 5.74) is 8.05. The van der Waals surface area contributed by atoms with E-state index < -0.39 is 0 Å². The minimum absolute atomic E-state index is 0.247. The first kappa shape index (κ1) is 13.8. The summed E-state index contributed by atoms with van der Waals surface area (Å²) in [7, 11) is 1.87. The molecule has 2 aromatic rings. The summed E-state index contributed by atoms with van der Waals surface area (Å²) in [5, 5.41) is 4.86. The molecule has 0 atom stereocenters. The monoisotopic (exact) mass is 295 g/mol. The van der Waals surface area contributed by atoms with Crippen LogP contribution in [0.25, 0.3) is 0 Å². The molecular formula is C13H14ClN3OS. The molecule has 2 N–H and O–H groups in total. The van der Waals surface area contributed by atoms with Gasteiger partial charge in [-0.3, -0.25) is 4.68 Å². The number of hydrogen-bond acceptors (Lipinski definition) is 3. The van der Waals surface area contributed by atoms with Crippen molar-refractivity contribution in [3.05, 3.63) is 40.2 Å². The van der Waals surface area contributed by atoms with E-state index in [2.05, 4.69) is 5.10 Å². The summed E-state index contributed by atoms with van der Waals surface area (Å²) in [6, 6.07) is 5.18. The highest BCUT2D eigenvalue weighted by molar-refractivity contribution is 7.80. The SMILES string of the molecule is Cc1nn(C)c(C)c1Oc1ccc(Cl)cc1C(N)=S. The van der Waals surface area contributed by atoms with Crippen LogP contribution in [-0.4, -0.2) is 14.8 Å². The summed E-state index contributed by atoms with van der Waals surface area (Å²) < 4.78 is 7.66. The average molecular weight is 296 g/mol. The minimum atomic E-state index is 0.247. The largest absolute Gasteiger partial charge is 0.453 e. The van der Waals surface area contributed by atoms with E-state index in [4.69, 9.17) is 34.3 Å². The van der Waals surface area contributed by atoms with E-state index >= 15 is 0 Å². The molecule has 0 radical (unpaired) electrons. The smallest absolute Gasteiger partial charge is 0.171 e. The predicted octanol–water partition coefficient (Wildman–Crippen LogP) is 3.12. The number of nitrogens with zero attached hydrogens (tertiary/aromatic N) is 2. The maximum Gasteiger partial charge on any atom is 0.171 e. The fourth-order valence-electron chi connectivity index (χ4n) is 1.80. The Morgan fingerprint density at radius 3 is 2.63 bits per heavy atom. The molecule has 100 valence electrons. The normalized spacial score (nSPS) is 10.5. The maximum atomic E-state index is 5.94. The van der Waals surface area contributed by atoms with Crippen molar-refractivity contribution in [1.29, 1.82) is 0 Å². The van der Waals surface area contributed by atoms with Crippen LogP contribution in [0.15, 0.2) is 18.2 Å². The van der Waals surface area contributed by atoms with E-state index in [1.807, 2.05) is 20.9 Å². The molecule has 0 saturated heterocycles. The van der Waals surface area contributed by atoms with Crippen LogP contribution in [0.5, 0.6) is 11.5 Å². The number of aromatic nitrogens is 2. The fraction of sp³-hybridized carbons (Fsp3) is 0.231. The van der Waals surface area contributed by atoms with Gasteiger partial charge in [0.1, 0.15) is 16.4 Å². The summed E-state index contributed by atoms with van der Waals surface area (Å²) in [6.07, 6.45) is 0. The Bertz CT molecular complexity index is 652. The Kier molecular flexibility index (Phi) is 3.78. The Labute approximate surface area is 122 Å². The molecule has 0 unspecified atom stereocenters. The number of thiocarbonyl (C=S) groups is 1. The zero-order valence-electron chi connectivity index (χ0n) is 10.9. The molecule has 0 amide bonds. The van der Waals surface area contributed by atoms with Gasteiger partial charge in [-0.05, 0) is 32.0 Å². The lowest BCUT2D eigenvalue weighted by atomic mass is 10.2. The first-order chi connectivity index (χ1) is 8.90. The second kappa shape index (κ2) is 5.19. The second-order valence-electron chi connectivity index (χ2n) is 4.23. The van der Waals surface area contributed by atoms with Crippen molar-refractivity contribution in [2.24, 2.45) is 12.8 Å². The number of ether oxygens (including phenoxy) is 1. The van der Waals surface area contributed by atoms with Crippen molar-refractivity contribution >= 4 is 28.8 Å². The van der Waals surface area contributed by atoms with Crippen molar-refractivity contribution in [3.8, 4) is 11.5 Å². The molecule has 6 heteroatoms. The molecule has 0 aliphatic heterocycles. The molecule has 0 spiro atoms. The Hall–Kier alpha value is -1.59. The molecule has 4 nitrogen and oxygen atoms in total. The number of nitrogens with two attached hydrogens (primary N) is 1. The van der Waals surface area contributed by atoms with Crippen LogP contribution in [0, 0.1) is 13.8 Å². The van der Waals surface area contributed by atoms with E-state index in [1.165, 1.54) is 0 Å². The van der Waals surface area contributed by atoms with Crippen molar-refractivity contribution in [2.45, 2.75) is 13.8 Å². The van der Waals surface area contributed by atoms with Gasteiger partial charge in [0.2, 0.25) is 0 Å². The zero-order chi connectivity index (χ0) is 14.2. The quantitative estimate of drug-likeness (QED) is 0.884. The topological polar surface area (TPSA) is 53.1 Å². The van der Waals surface area contributed by atoms with Crippen LogP contribution >= 0.6 is 23.8 Å². The molecule has 0 aliphatic rings. The summed E-state index contributed by atoms with van der Waals surface area (Å²) in [4.78, 5) is 0.247. The highest BCUT2D eigenvalue weighted by Gasteiger charge is 2.15. The van der Waals surface area contributed by atoms with Crippen molar-refractivity contribution in [2.75, 3.05) is 0 Å². The van der Waals surface area contributed by atoms with Gasteiger partial charge in [0, 0.05) is 12.1 Å². The van der Waals surface area contributed by atoms with E-state index in [-0.39, 0.29) is 4.99 Å². The number of aryl methyl sites for hydroxylation is 2. The van der Waals surface area contributed by atoms with Gasteiger partial charge < -0.3 is 10.5 Å². The van der Waals surface area contributed by atoms with Gasteiger partial charge in [0.25, 0.3) is 0 Å². The lowest BCUT2D eigenvalue weighted by Crippen LogP contribution is -2.10. The molecule has 1 aromatic heterocycles. The second-order valence-corrected chi connectivity index (χ2v) is 5.11. The highest BCUT2D eigenvalue weighted by Crippen LogP contribution is 2.31. The van der Waals surface area contributed by atoms with Gasteiger partial charge >= 0.3 is 0 Å². The summed E-state index contributed by atoms with van der Waals surface area (Å²) in [6.45, 7) is 3.82. The number of halogens is 1. The number of benzene rings is 1. The van der Waals surface area contributed by atoms with E-state index in [0.29, 0.717) is 22.1 Å². The van der Waals surface area contributed by atoms with Crippen LogP contribution < -0.4 is 10.5 Å². The third-order valence-electron chi connectivity index (χ3n) is 2.86. The van der Waals surface area contributed by atoms with E-state index in [1.54, 1.807) is 22.9 Å². The van der Waals surface area contributed by atoms with Gasteiger partial charge in [-0.2, -0.15) is 5.10 Å². The van der Waals surface area contributed by atoms with Gasteiger partial charge in [0.05, 0.1) is 11.3 Å². The third-order valence-corrected chi connectivity index (χ3v) is 3.32. The number of hydrogen-bond donors (Lipinski definition) is 1.